The summed E-state index contributed by atoms with van der Waals surface area (Å²) in [5.74, 6) is -1.26. The monoisotopic (exact) mass is 417 g/mol. The standard InChI is InChI=1S/C23H19N3O3S/c27-21(14-26-22(28)16-5-1-2-6-17(16)23(26)29)24-18-7-3-4-8-19(18)25-11-9-20-15(13-25)10-12-30-20/h1-8,10,12H,9,11,13-14H2,(H,24,27). The number of carbonyl (C=O) groups excluding carboxylic acids is 3. The topological polar surface area (TPSA) is 69.7 Å². The maximum atomic E-state index is 12.7. The zero-order valence-electron chi connectivity index (χ0n) is 16.1. The highest BCUT2D eigenvalue weighted by Gasteiger charge is 2.36. The molecule has 0 aliphatic carbocycles. The van der Waals surface area contributed by atoms with E-state index < -0.39 is 17.7 Å². The van der Waals surface area contributed by atoms with Crippen LogP contribution in [0, 0.1) is 0 Å². The van der Waals surface area contributed by atoms with Gasteiger partial charge in [-0.25, -0.2) is 0 Å². The maximum absolute atomic E-state index is 12.7. The number of hydrogen-bond acceptors (Lipinski definition) is 5. The number of benzene rings is 2. The van der Waals surface area contributed by atoms with Gasteiger partial charge in [-0.1, -0.05) is 24.3 Å². The first-order valence-corrected chi connectivity index (χ1v) is 10.6. The Morgan fingerprint density at radius 3 is 2.43 bits per heavy atom. The number of rotatable bonds is 4. The molecular formula is C23H19N3O3S. The van der Waals surface area contributed by atoms with Crippen LogP contribution in [-0.4, -0.2) is 35.7 Å². The minimum Gasteiger partial charge on any atom is -0.365 e. The highest BCUT2D eigenvalue weighted by Crippen LogP contribution is 2.32. The highest BCUT2D eigenvalue weighted by molar-refractivity contribution is 7.10. The van der Waals surface area contributed by atoms with Crippen molar-refractivity contribution >= 4 is 40.4 Å². The lowest BCUT2D eigenvalue weighted by molar-refractivity contribution is -0.116. The molecule has 0 radical (unpaired) electrons. The van der Waals surface area contributed by atoms with Gasteiger partial charge < -0.3 is 10.2 Å². The Bertz CT molecular complexity index is 1130. The second-order valence-corrected chi connectivity index (χ2v) is 8.35. The van der Waals surface area contributed by atoms with Crippen LogP contribution in [0.15, 0.2) is 60.0 Å². The highest BCUT2D eigenvalue weighted by atomic mass is 32.1. The lowest BCUT2D eigenvalue weighted by atomic mass is 10.1. The van der Waals surface area contributed by atoms with Crippen molar-refractivity contribution in [3.05, 3.63) is 81.5 Å². The van der Waals surface area contributed by atoms with E-state index in [-0.39, 0.29) is 6.54 Å². The van der Waals surface area contributed by atoms with Gasteiger partial charge in [0.25, 0.3) is 11.8 Å². The minimum absolute atomic E-state index is 0.310. The lowest BCUT2D eigenvalue weighted by Crippen LogP contribution is -2.37. The zero-order chi connectivity index (χ0) is 20.7. The number of hydrogen-bond donors (Lipinski definition) is 1. The summed E-state index contributed by atoms with van der Waals surface area (Å²) >= 11 is 1.78. The molecule has 3 amide bonds. The fraction of sp³-hybridized carbons (Fsp3) is 0.174. The summed E-state index contributed by atoms with van der Waals surface area (Å²) in [6.45, 7) is 1.36. The molecule has 30 heavy (non-hydrogen) atoms. The summed E-state index contributed by atoms with van der Waals surface area (Å²) in [6, 6.07) is 16.4. The number of nitrogens with one attached hydrogen (secondary N) is 1. The van der Waals surface area contributed by atoms with Gasteiger partial charge in [-0.3, -0.25) is 19.3 Å². The number of thiophene rings is 1. The Hall–Kier alpha value is -3.45. The second-order valence-electron chi connectivity index (χ2n) is 7.35. The van der Waals surface area contributed by atoms with Crippen molar-refractivity contribution in [2.24, 2.45) is 0 Å². The van der Waals surface area contributed by atoms with E-state index in [9.17, 15) is 14.4 Å². The van der Waals surface area contributed by atoms with Crippen molar-refractivity contribution in [2.45, 2.75) is 13.0 Å². The van der Waals surface area contributed by atoms with Crippen LogP contribution in [-0.2, 0) is 17.8 Å². The number of fused-ring (bicyclic) bond motifs is 2. The largest absolute Gasteiger partial charge is 0.365 e. The molecule has 0 saturated heterocycles. The molecule has 7 heteroatoms. The maximum Gasteiger partial charge on any atom is 0.262 e. The van der Waals surface area contributed by atoms with Gasteiger partial charge in [-0.05, 0) is 47.7 Å². The summed E-state index contributed by atoms with van der Waals surface area (Å²) in [5.41, 5.74) is 3.62. The van der Waals surface area contributed by atoms with Crippen LogP contribution in [0.5, 0.6) is 0 Å². The molecule has 0 unspecified atom stereocenters. The molecule has 0 fully saturated rings. The van der Waals surface area contributed by atoms with Crippen molar-refractivity contribution in [3.8, 4) is 0 Å². The summed E-state index contributed by atoms with van der Waals surface area (Å²) in [6.07, 6.45) is 0.977. The SMILES string of the molecule is O=C(CN1C(=O)c2ccccc2C1=O)Nc1ccccc1N1CCc2sccc2C1. The summed E-state index contributed by atoms with van der Waals surface area (Å²) < 4.78 is 0. The van der Waals surface area contributed by atoms with E-state index in [1.54, 1.807) is 35.6 Å². The Labute approximate surface area is 177 Å². The third-order valence-corrected chi connectivity index (χ3v) is 6.53. The lowest BCUT2D eigenvalue weighted by Gasteiger charge is -2.30. The van der Waals surface area contributed by atoms with Crippen molar-refractivity contribution in [3.63, 3.8) is 0 Å². The van der Waals surface area contributed by atoms with E-state index in [2.05, 4.69) is 21.7 Å². The van der Waals surface area contributed by atoms with Gasteiger partial charge in [0.2, 0.25) is 5.91 Å². The third kappa shape index (κ3) is 3.17. The van der Waals surface area contributed by atoms with E-state index in [1.165, 1.54) is 10.4 Å². The molecule has 5 rings (SSSR count). The first-order valence-electron chi connectivity index (χ1n) is 9.76. The van der Waals surface area contributed by atoms with Crippen molar-refractivity contribution in [1.29, 1.82) is 0 Å². The molecule has 0 bridgehead atoms. The number of carbonyl (C=O) groups is 3. The van der Waals surface area contributed by atoms with E-state index in [4.69, 9.17) is 0 Å². The quantitative estimate of drug-likeness (QED) is 0.659. The average molecular weight is 417 g/mol. The Balaban J connectivity index is 1.32. The number of para-hydroxylation sites is 2. The van der Waals surface area contributed by atoms with Gasteiger partial charge >= 0.3 is 0 Å². The van der Waals surface area contributed by atoms with Gasteiger partial charge in [0.05, 0.1) is 22.5 Å². The molecule has 150 valence electrons. The summed E-state index contributed by atoms with van der Waals surface area (Å²) in [5, 5.41) is 5.01. The number of anilines is 2. The number of imide groups is 1. The average Bonchev–Trinajstić information content (AvgIpc) is 3.33. The summed E-state index contributed by atoms with van der Waals surface area (Å²) in [4.78, 5) is 42.4. The van der Waals surface area contributed by atoms with E-state index in [0.29, 0.717) is 16.8 Å². The van der Waals surface area contributed by atoms with E-state index >= 15 is 0 Å². The number of amides is 3. The van der Waals surface area contributed by atoms with Crippen LogP contribution < -0.4 is 10.2 Å². The first-order chi connectivity index (χ1) is 14.6. The fourth-order valence-electron chi connectivity index (χ4n) is 4.03. The molecule has 0 spiro atoms. The Morgan fingerprint density at radius 1 is 0.967 bits per heavy atom. The molecular weight excluding hydrogens is 398 g/mol. The normalized spacial score (nSPS) is 15.2. The molecule has 0 atom stereocenters. The van der Waals surface area contributed by atoms with Gasteiger partial charge in [0.15, 0.2) is 0 Å². The van der Waals surface area contributed by atoms with Crippen molar-refractivity contribution in [2.75, 3.05) is 23.3 Å². The Morgan fingerprint density at radius 2 is 1.67 bits per heavy atom. The van der Waals surface area contributed by atoms with Crippen molar-refractivity contribution < 1.29 is 14.4 Å². The molecule has 1 aromatic heterocycles. The molecule has 2 aliphatic rings. The molecule has 3 heterocycles. The number of nitrogens with zero attached hydrogens (tertiary/aromatic N) is 2. The molecule has 3 aromatic rings. The third-order valence-electron chi connectivity index (χ3n) is 5.51. The van der Waals surface area contributed by atoms with E-state index in [0.717, 1.165) is 30.1 Å². The van der Waals surface area contributed by atoms with Gasteiger partial charge in [0, 0.05) is 18.0 Å². The second kappa shape index (κ2) is 7.42. The predicted molar refractivity (Wildman–Crippen MR) is 116 cm³/mol. The zero-order valence-corrected chi connectivity index (χ0v) is 16.9. The minimum atomic E-state index is -0.431. The van der Waals surface area contributed by atoms with Crippen LogP contribution in [0.4, 0.5) is 11.4 Å². The molecule has 2 aromatic carbocycles. The van der Waals surface area contributed by atoms with Crippen molar-refractivity contribution in [1.82, 2.24) is 4.90 Å². The van der Waals surface area contributed by atoms with Crippen LogP contribution in [0.25, 0.3) is 0 Å². The predicted octanol–water partition coefficient (Wildman–Crippen LogP) is 3.55. The molecule has 6 nitrogen and oxygen atoms in total. The molecule has 2 aliphatic heterocycles. The first kappa shape index (κ1) is 18.6. The van der Waals surface area contributed by atoms with E-state index in [1.807, 2.05) is 24.3 Å². The van der Waals surface area contributed by atoms with Crippen LogP contribution in [0.1, 0.15) is 31.2 Å². The molecule has 0 saturated carbocycles. The van der Waals surface area contributed by atoms with Crippen LogP contribution in [0.2, 0.25) is 0 Å². The Kier molecular flexibility index (Phi) is 4.59. The molecule has 1 N–H and O–H groups in total. The van der Waals surface area contributed by atoms with Gasteiger partial charge in [0.1, 0.15) is 6.54 Å². The smallest absolute Gasteiger partial charge is 0.262 e. The van der Waals surface area contributed by atoms with Gasteiger partial charge in [-0.2, -0.15) is 0 Å². The van der Waals surface area contributed by atoms with Gasteiger partial charge in [-0.15, -0.1) is 11.3 Å². The van der Waals surface area contributed by atoms with Crippen LogP contribution >= 0.6 is 11.3 Å². The van der Waals surface area contributed by atoms with Crippen LogP contribution in [0.3, 0.4) is 0 Å². The fourth-order valence-corrected chi connectivity index (χ4v) is 4.91. The summed E-state index contributed by atoms with van der Waals surface area (Å²) in [7, 11) is 0.